The molecule has 0 aliphatic carbocycles. The molecule has 0 saturated carbocycles. The highest BCUT2D eigenvalue weighted by Crippen LogP contribution is 2.22. The summed E-state index contributed by atoms with van der Waals surface area (Å²) >= 11 is 0. The van der Waals surface area contributed by atoms with Crippen molar-refractivity contribution in [2.45, 2.75) is 38.7 Å². The fourth-order valence-corrected chi connectivity index (χ4v) is 2.04. The molecule has 3 nitrogen and oxygen atoms in total. The molecule has 0 aromatic carbocycles. The Bertz CT molecular complexity index is 365. The molecule has 1 aromatic heterocycles. The van der Waals surface area contributed by atoms with Crippen LogP contribution in [-0.2, 0) is 16.6 Å². The minimum atomic E-state index is 0.184. The van der Waals surface area contributed by atoms with Crippen LogP contribution < -0.4 is 5.32 Å². The Morgan fingerprint density at radius 2 is 2.29 bits per heavy atom. The van der Waals surface area contributed by atoms with Crippen molar-refractivity contribution < 1.29 is 4.74 Å². The molecule has 2 heterocycles. The van der Waals surface area contributed by atoms with Crippen molar-refractivity contribution >= 4 is 0 Å². The molecule has 1 aliphatic heterocycles. The van der Waals surface area contributed by atoms with Crippen molar-refractivity contribution in [3.63, 3.8) is 0 Å². The van der Waals surface area contributed by atoms with E-state index in [-0.39, 0.29) is 11.5 Å². The molecular weight excluding hydrogens is 212 g/mol. The summed E-state index contributed by atoms with van der Waals surface area (Å²) in [5, 5.41) is 3.35. The highest BCUT2D eigenvalue weighted by molar-refractivity contribution is 5.23. The van der Waals surface area contributed by atoms with E-state index in [1.54, 1.807) is 0 Å². The average Bonchev–Trinajstić information content (AvgIpc) is 2.29. The van der Waals surface area contributed by atoms with E-state index in [1.807, 2.05) is 6.20 Å². The van der Waals surface area contributed by atoms with E-state index in [2.05, 4.69) is 43.2 Å². The summed E-state index contributed by atoms with van der Waals surface area (Å²) in [6.07, 6.45) is 3.08. The van der Waals surface area contributed by atoms with Crippen LogP contribution in [0.5, 0.6) is 0 Å². The van der Waals surface area contributed by atoms with Gasteiger partial charge >= 0.3 is 0 Å². The van der Waals surface area contributed by atoms with Crippen LogP contribution in [0.1, 0.15) is 32.0 Å². The van der Waals surface area contributed by atoms with Gasteiger partial charge in [-0.2, -0.15) is 0 Å². The van der Waals surface area contributed by atoms with E-state index in [0.29, 0.717) is 0 Å². The van der Waals surface area contributed by atoms with Crippen LogP contribution in [0.25, 0.3) is 0 Å². The Morgan fingerprint density at radius 3 is 2.94 bits per heavy atom. The lowest BCUT2D eigenvalue weighted by molar-refractivity contribution is 0.0286. The van der Waals surface area contributed by atoms with Gasteiger partial charge in [-0.3, -0.25) is 4.98 Å². The van der Waals surface area contributed by atoms with Crippen LogP contribution in [0.3, 0.4) is 0 Å². The van der Waals surface area contributed by atoms with Gasteiger partial charge in [0.05, 0.1) is 12.7 Å². The van der Waals surface area contributed by atoms with Crippen molar-refractivity contribution in [2.24, 2.45) is 0 Å². The lowest BCUT2D eigenvalue weighted by Crippen LogP contribution is -2.39. The van der Waals surface area contributed by atoms with Gasteiger partial charge in [-0.15, -0.1) is 0 Å². The largest absolute Gasteiger partial charge is 0.375 e. The number of rotatable bonds is 2. The molecule has 0 amide bonds. The van der Waals surface area contributed by atoms with Crippen molar-refractivity contribution in [1.29, 1.82) is 0 Å². The summed E-state index contributed by atoms with van der Waals surface area (Å²) in [4.78, 5) is 4.44. The van der Waals surface area contributed by atoms with Crippen molar-refractivity contribution in [2.75, 3.05) is 19.7 Å². The Labute approximate surface area is 104 Å². The Kier molecular flexibility index (Phi) is 3.79. The van der Waals surface area contributed by atoms with Crippen molar-refractivity contribution in [3.8, 4) is 0 Å². The number of nitrogens with zero attached hydrogens (tertiary/aromatic N) is 1. The lowest BCUT2D eigenvalue weighted by Gasteiger charge is -2.24. The zero-order valence-corrected chi connectivity index (χ0v) is 11.0. The van der Waals surface area contributed by atoms with Gasteiger partial charge in [0.25, 0.3) is 0 Å². The monoisotopic (exact) mass is 234 g/mol. The SMILES string of the molecule is CC(C)(C)c1ccnc(CC2CNCCO2)c1. The third-order valence-corrected chi connectivity index (χ3v) is 3.12. The molecular formula is C14H22N2O. The summed E-state index contributed by atoms with van der Waals surface area (Å²) in [5.74, 6) is 0. The zero-order valence-electron chi connectivity index (χ0n) is 11.0. The van der Waals surface area contributed by atoms with Crippen LogP contribution in [0.4, 0.5) is 0 Å². The summed E-state index contributed by atoms with van der Waals surface area (Å²) in [6.45, 7) is 9.39. The van der Waals surface area contributed by atoms with Crippen LogP contribution in [-0.4, -0.2) is 30.8 Å². The molecule has 1 saturated heterocycles. The molecule has 0 spiro atoms. The van der Waals surface area contributed by atoms with Gasteiger partial charge in [-0.05, 0) is 23.1 Å². The molecule has 1 N–H and O–H groups in total. The van der Waals surface area contributed by atoms with Crippen molar-refractivity contribution in [1.82, 2.24) is 10.3 Å². The van der Waals surface area contributed by atoms with E-state index < -0.39 is 0 Å². The minimum Gasteiger partial charge on any atom is -0.375 e. The Balaban J connectivity index is 2.05. The first kappa shape index (κ1) is 12.5. The number of hydrogen-bond donors (Lipinski definition) is 1. The maximum atomic E-state index is 5.70. The number of nitrogens with one attached hydrogen (secondary N) is 1. The summed E-state index contributed by atoms with van der Waals surface area (Å²) in [7, 11) is 0. The van der Waals surface area contributed by atoms with Gasteiger partial charge < -0.3 is 10.1 Å². The van der Waals surface area contributed by atoms with Crippen LogP contribution in [0, 0.1) is 0 Å². The Hall–Kier alpha value is -0.930. The van der Waals surface area contributed by atoms with Crippen LogP contribution >= 0.6 is 0 Å². The molecule has 1 aliphatic rings. The summed E-state index contributed by atoms with van der Waals surface area (Å²) in [5.41, 5.74) is 2.65. The van der Waals surface area contributed by atoms with Gasteiger partial charge in [0.2, 0.25) is 0 Å². The third-order valence-electron chi connectivity index (χ3n) is 3.12. The Morgan fingerprint density at radius 1 is 1.47 bits per heavy atom. The summed E-state index contributed by atoms with van der Waals surface area (Å²) in [6, 6.07) is 4.31. The topological polar surface area (TPSA) is 34.2 Å². The van der Waals surface area contributed by atoms with E-state index >= 15 is 0 Å². The highest BCUT2D eigenvalue weighted by atomic mass is 16.5. The zero-order chi connectivity index (χ0) is 12.3. The predicted octanol–water partition coefficient (Wildman–Crippen LogP) is 1.91. The first-order valence-corrected chi connectivity index (χ1v) is 6.33. The van der Waals surface area contributed by atoms with E-state index in [4.69, 9.17) is 4.74 Å². The molecule has 1 atom stereocenters. The molecule has 1 aromatic rings. The number of ether oxygens (including phenoxy) is 1. The number of aromatic nitrogens is 1. The molecule has 0 radical (unpaired) electrons. The lowest BCUT2D eigenvalue weighted by atomic mass is 9.87. The minimum absolute atomic E-state index is 0.184. The summed E-state index contributed by atoms with van der Waals surface area (Å²) < 4.78 is 5.70. The predicted molar refractivity (Wildman–Crippen MR) is 69.3 cm³/mol. The molecule has 17 heavy (non-hydrogen) atoms. The van der Waals surface area contributed by atoms with Crippen molar-refractivity contribution in [3.05, 3.63) is 29.6 Å². The van der Waals surface area contributed by atoms with Crippen LogP contribution in [0.2, 0.25) is 0 Å². The van der Waals surface area contributed by atoms with Gasteiger partial charge in [-0.1, -0.05) is 20.8 Å². The standard InChI is InChI=1S/C14H22N2O/c1-14(2,3)11-4-5-16-12(8-11)9-13-10-15-6-7-17-13/h4-5,8,13,15H,6-7,9-10H2,1-3H3. The molecule has 2 rings (SSSR count). The normalized spacial score (nSPS) is 21.5. The van der Waals surface area contributed by atoms with Gasteiger partial charge in [0.15, 0.2) is 0 Å². The first-order chi connectivity index (χ1) is 8.05. The van der Waals surface area contributed by atoms with Crippen LogP contribution in [0.15, 0.2) is 18.3 Å². The van der Waals surface area contributed by atoms with Gasteiger partial charge in [0, 0.05) is 31.4 Å². The van der Waals surface area contributed by atoms with E-state index in [0.717, 1.165) is 31.8 Å². The number of pyridine rings is 1. The third kappa shape index (κ3) is 3.51. The molecule has 1 unspecified atom stereocenters. The smallest absolute Gasteiger partial charge is 0.0755 e. The second kappa shape index (κ2) is 5.15. The fraction of sp³-hybridized carbons (Fsp3) is 0.643. The van der Waals surface area contributed by atoms with Gasteiger partial charge in [-0.25, -0.2) is 0 Å². The average molecular weight is 234 g/mol. The highest BCUT2D eigenvalue weighted by Gasteiger charge is 2.17. The van der Waals surface area contributed by atoms with E-state index in [9.17, 15) is 0 Å². The second-order valence-corrected chi connectivity index (χ2v) is 5.69. The molecule has 0 bridgehead atoms. The molecule has 1 fully saturated rings. The first-order valence-electron chi connectivity index (χ1n) is 6.33. The molecule has 3 heteroatoms. The molecule has 94 valence electrons. The number of hydrogen-bond acceptors (Lipinski definition) is 3. The van der Waals surface area contributed by atoms with Gasteiger partial charge in [0.1, 0.15) is 0 Å². The number of morpholine rings is 1. The quantitative estimate of drug-likeness (QED) is 0.849. The van der Waals surface area contributed by atoms with E-state index in [1.165, 1.54) is 5.56 Å². The fourth-order valence-electron chi connectivity index (χ4n) is 2.04. The maximum Gasteiger partial charge on any atom is 0.0755 e. The second-order valence-electron chi connectivity index (χ2n) is 5.69. The maximum absolute atomic E-state index is 5.70.